The van der Waals surface area contributed by atoms with Crippen LogP contribution < -0.4 is 5.32 Å². The van der Waals surface area contributed by atoms with Crippen LogP contribution in [0.5, 0.6) is 0 Å². The van der Waals surface area contributed by atoms with E-state index in [-0.39, 0.29) is 17.8 Å². The number of aromatic nitrogens is 4. The van der Waals surface area contributed by atoms with Crippen molar-refractivity contribution in [3.05, 3.63) is 36.8 Å². The van der Waals surface area contributed by atoms with Crippen molar-refractivity contribution in [3.8, 4) is 5.82 Å². The smallest absolute Gasteiger partial charge is 0.289 e. The fourth-order valence-electron chi connectivity index (χ4n) is 2.69. The highest BCUT2D eigenvalue weighted by molar-refractivity contribution is 5.90. The number of ether oxygens (including phenoxy) is 1. The summed E-state index contributed by atoms with van der Waals surface area (Å²) in [6, 6.07) is 1.90. The lowest BCUT2D eigenvalue weighted by Gasteiger charge is -2.27. The van der Waals surface area contributed by atoms with Gasteiger partial charge in [-0.25, -0.2) is 15.0 Å². The molecule has 1 amide bonds. The average Bonchev–Trinajstić information content (AvgIpc) is 3.10. The largest absolute Gasteiger partial charge is 0.381 e. The van der Waals surface area contributed by atoms with E-state index < -0.39 is 0 Å². The third kappa shape index (κ3) is 3.30. The number of nitrogens with zero attached hydrogens (tertiary/aromatic N) is 4. The van der Waals surface area contributed by atoms with Gasteiger partial charge in [0, 0.05) is 31.7 Å². The molecule has 7 nitrogen and oxygen atoms in total. The number of methoxy groups -OCH3 is 1. The molecule has 3 rings (SSSR count). The standard InChI is InChI=1S/C15H19N5O2/c1-22-12-4-2-11(3-5-12)18-15(21)14-17-7-6-13(19-14)20-9-8-16-10-20/h6-12H,2-5H2,1H3,(H,18,21). The summed E-state index contributed by atoms with van der Waals surface area (Å²) in [6.07, 6.45) is 10.8. The lowest BCUT2D eigenvalue weighted by Crippen LogP contribution is -2.39. The van der Waals surface area contributed by atoms with Crippen LogP contribution in [-0.2, 0) is 4.74 Å². The molecule has 1 fully saturated rings. The second kappa shape index (κ2) is 6.65. The lowest BCUT2D eigenvalue weighted by molar-refractivity contribution is 0.0597. The summed E-state index contributed by atoms with van der Waals surface area (Å²) in [5.74, 6) is 0.573. The molecule has 0 saturated heterocycles. The number of imidazole rings is 1. The Bertz CT molecular complexity index is 621. The van der Waals surface area contributed by atoms with Crippen molar-refractivity contribution >= 4 is 5.91 Å². The maximum atomic E-state index is 12.3. The van der Waals surface area contributed by atoms with E-state index in [9.17, 15) is 4.79 Å². The molecule has 2 heterocycles. The minimum absolute atomic E-state index is 0.166. The highest BCUT2D eigenvalue weighted by atomic mass is 16.5. The number of carbonyl (C=O) groups is 1. The molecule has 1 N–H and O–H groups in total. The van der Waals surface area contributed by atoms with Gasteiger partial charge < -0.3 is 10.1 Å². The molecule has 1 aliphatic carbocycles. The van der Waals surface area contributed by atoms with E-state index in [4.69, 9.17) is 4.74 Å². The molecular formula is C15H19N5O2. The summed E-state index contributed by atoms with van der Waals surface area (Å²) in [6.45, 7) is 0. The van der Waals surface area contributed by atoms with Crippen molar-refractivity contribution in [2.75, 3.05) is 7.11 Å². The quantitative estimate of drug-likeness (QED) is 0.922. The normalized spacial score (nSPS) is 21.5. The SMILES string of the molecule is COC1CCC(NC(=O)c2nccc(-n3ccnc3)n2)CC1. The minimum atomic E-state index is -0.233. The molecule has 2 aromatic heterocycles. The summed E-state index contributed by atoms with van der Waals surface area (Å²) in [5, 5.41) is 3.01. The predicted octanol–water partition coefficient (Wildman–Crippen LogP) is 1.35. The third-order valence-electron chi connectivity index (χ3n) is 3.96. The van der Waals surface area contributed by atoms with Gasteiger partial charge in [-0.15, -0.1) is 0 Å². The van der Waals surface area contributed by atoms with Crippen molar-refractivity contribution in [1.29, 1.82) is 0 Å². The fourth-order valence-corrected chi connectivity index (χ4v) is 2.69. The molecule has 1 saturated carbocycles. The number of hydrogen-bond donors (Lipinski definition) is 1. The number of carbonyl (C=O) groups excluding carboxylic acids is 1. The summed E-state index contributed by atoms with van der Waals surface area (Å²) < 4.78 is 7.08. The summed E-state index contributed by atoms with van der Waals surface area (Å²) in [5.41, 5.74) is 0. The maximum absolute atomic E-state index is 12.3. The molecule has 2 aromatic rings. The van der Waals surface area contributed by atoms with Gasteiger partial charge in [0.1, 0.15) is 12.1 Å². The number of hydrogen-bond acceptors (Lipinski definition) is 5. The zero-order chi connectivity index (χ0) is 15.4. The van der Waals surface area contributed by atoms with Crippen molar-refractivity contribution in [3.63, 3.8) is 0 Å². The molecule has 0 aliphatic heterocycles. The van der Waals surface area contributed by atoms with Gasteiger partial charge in [-0.2, -0.15) is 0 Å². The fraction of sp³-hybridized carbons (Fsp3) is 0.467. The number of amides is 1. The molecule has 0 spiro atoms. The van der Waals surface area contributed by atoms with Crippen LogP contribution in [0.15, 0.2) is 31.0 Å². The van der Waals surface area contributed by atoms with Crippen LogP contribution in [0.1, 0.15) is 36.3 Å². The van der Waals surface area contributed by atoms with Crippen LogP contribution in [-0.4, -0.2) is 44.7 Å². The first-order valence-electron chi connectivity index (χ1n) is 7.41. The van der Waals surface area contributed by atoms with Gasteiger partial charge in [-0.3, -0.25) is 9.36 Å². The van der Waals surface area contributed by atoms with E-state index in [2.05, 4.69) is 20.3 Å². The number of nitrogens with one attached hydrogen (secondary N) is 1. The number of rotatable bonds is 4. The van der Waals surface area contributed by atoms with E-state index in [0.717, 1.165) is 25.7 Å². The monoisotopic (exact) mass is 301 g/mol. The van der Waals surface area contributed by atoms with Gasteiger partial charge in [0.05, 0.1) is 6.10 Å². The first-order chi connectivity index (χ1) is 10.8. The Morgan fingerprint density at radius 3 is 2.82 bits per heavy atom. The summed E-state index contributed by atoms with van der Waals surface area (Å²) in [4.78, 5) is 24.6. The summed E-state index contributed by atoms with van der Waals surface area (Å²) >= 11 is 0. The maximum Gasteiger partial charge on any atom is 0.289 e. The molecule has 0 atom stereocenters. The Hall–Kier alpha value is -2.28. The third-order valence-corrected chi connectivity index (χ3v) is 3.96. The second-order valence-electron chi connectivity index (χ2n) is 5.39. The minimum Gasteiger partial charge on any atom is -0.381 e. The Balaban J connectivity index is 1.64. The van der Waals surface area contributed by atoms with Gasteiger partial charge in [0.25, 0.3) is 5.91 Å². The molecule has 116 valence electrons. The highest BCUT2D eigenvalue weighted by Gasteiger charge is 2.23. The van der Waals surface area contributed by atoms with E-state index in [1.54, 1.807) is 42.7 Å². The Morgan fingerprint density at radius 1 is 1.32 bits per heavy atom. The van der Waals surface area contributed by atoms with Crippen molar-refractivity contribution < 1.29 is 9.53 Å². The zero-order valence-electron chi connectivity index (χ0n) is 12.5. The zero-order valence-corrected chi connectivity index (χ0v) is 12.5. The van der Waals surface area contributed by atoms with E-state index in [0.29, 0.717) is 11.9 Å². The van der Waals surface area contributed by atoms with Crippen LogP contribution in [0.2, 0.25) is 0 Å². The van der Waals surface area contributed by atoms with E-state index in [1.165, 1.54) is 0 Å². The predicted molar refractivity (Wildman–Crippen MR) is 79.7 cm³/mol. The van der Waals surface area contributed by atoms with Crippen molar-refractivity contribution in [2.45, 2.75) is 37.8 Å². The van der Waals surface area contributed by atoms with Gasteiger partial charge in [0.15, 0.2) is 0 Å². The lowest BCUT2D eigenvalue weighted by atomic mass is 9.93. The topological polar surface area (TPSA) is 81.9 Å². The molecule has 1 aliphatic rings. The summed E-state index contributed by atoms with van der Waals surface area (Å²) in [7, 11) is 1.74. The first-order valence-corrected chi connectivity index (χ1v) is 7.41. The van der Waals surface area contributed by atoms with Crippen LogP contribution in [0.3, 0.4) is 0 Å². The Labute approximate surface area is 128 Å². The first kappa shape index (κ1) is 14.6. The van der Waals surface area contributed by atoms with E-state index >= 15 is 0 Å². The molecule has 7 heteroatoms. The van der Waals surface area contributed by atoms with Crippen molar-refractivity contribution in [1.82, 2.24) is 24.8 Å². The van der Waals surface area contributed by atoms with Crippen LogP contribution in [0.25, 0.3) is 5.82 Å². The molecule has 0 bridgehead atoms. The molecule has 0 radical (unpaired) electrons. The van der Waals surface area contributed by atoms with Crippen molar-refractivity contribution in [2.24, 2.45) is 0 Å². The van der Waals surface area contributed by atoms with Crippen LogP contribution in [0.4, 0.5) is 0 Å². The molecule has 0 aromatic carbocycles. The van der Waals surface area contributed by atoms with Gasteiger partial charge in [-0.1, -0.05) is 0 Å². The van der Waals surface area contributed by atoms with Gasteiger partial charge in [-0.05, 0) is 31.7 Å². The Morgan fingerprint density at radius 2 is 2.14 bits per heavy atom. The molecule has 0 unspecified atom stereocenters. The second-order valence-corrected chi connectivity index (χ2v) is 5.39. The molecular weight excluding hydrogens is 282 g/mol. The Kier molecular flexibility index (Phi) is 4.43. The van der Waals surface area contributed by atoms with E-state index in [1.807, 2.05) is 0 Å². The van der Waals surface area contributed by atoms with Gasteiger partial charge in [0.2, 0.25) is 5.82 Å². The van der Waals surface area contributed by atoms with Gasteiger partial charge >= 0.3 is 0 Å². The highest BCUT2D eigenvalue weighted by Crippen LogP contribution is 2.20. The molecule has 22 heavy (non-hydrogen) atoms. The van der Waals surface area contributed by atoms with Crippen LogP contribution >= 0.6 is 0 Å². The average molecular weight is 301 g/mol. The van der Waals surface area contributed by atoms with Crippen LogP contribution in [0, 0.1) is 0 Å².